The van der Waals surface area contributed by atoms with Crippen LogP contribution in [-0.2, 0) is 0 Å². The molecule has 0 spiro atoms. The average Bonchev–Trinajstić information content (AvgIpc) is 3.57. The van der Waals surface area contributed by atoms with Crippen molar-refractivity contribution in [3.05, 3.63) is 47.3 Å². The lowest BCUT2D eigenvalue weighted by Gasteiger charge is -2.28. The molecule has 0 aliphatic heterocycles. The highest BCUT2D eigenvalue weighted by molar-refractivity contribution is 5.49. The summed E-state index contributed by atoms with van der Waals surface area (Å²) in [5.41, 5.74) is 5.77. The molecule has 2 aromatic rings. The summed E-state index contributed by atoms with van der Waals surface area (Å²) < 4.78 is 11.6. The van der Waals surface area contributed by atoms with E-state index in [9.17, 15) is 0 Å². The molecule has 0 amide bonds. The van der Waals surface area contributed by atoms with Crippen molar-refractivity contribution in [2.24, 2.45) is 0 Å². The summed E-state index contributed by atoms with van der Waals surface area (Å²) in [6.07, 6.45) is 38.5. The SMILES string of the molecule is CCCCCCCCCCCCC1c2cocc2C(CCCCCCCCCCCC)c2cocc21. The van der Waals surface area contributed by atoms with Crippen molar-refractivity contribution in [3.8, 4) is 0 Å². The van der Waals surface area contributed by atoms with E-state index < -0.39 is 0 Å². The van der Waals surface area contributed by atoms with Gasteiger partial charge in [0.25, 0.3) is 0 Å². The predicted molar refractivity (Wildman–Crippen MR) is 154 cm³/mol. The standard InChI is InChI=1S/C34H56O2/c1-3-5-7-9-11-13-15-17-19-21-23-29-31-25-35-27-33(31)30(34-28-36-26-32(29)34)24-22-20-18-16-14-12-10-8-6-4-2/h25-30H,3-24H2,1-2H3. The highest BCUT2D eigenvalue weighted by Crippen LogP contribution is 2.48. The average molecular weight is 497 g/mol. The molecule has 0 saturated heterocycles. The van der Waals surface area contributed by atoms with Gasteiger partial charge in [0.1, 0.15) is 0 Å². The van der Waals surface area contributed by atoms with Crippen molar-refractivity contribution < 1.29 is 8.83 Å². The van der Waals surface area contributed by atoms with Gasteiger partial charge in [-0.25, -0.2) is 0 Å². The van der Waals surface area contributed by atoms with Crippen molar-refractivity contribution in [3.63, 3.8) is 0 Å². The van der Waals surface area contributed by atoms with E-state index in [0.29, 0.717) is 11.8 Å². The largest absolute Gasteiger partial charge is 0.472 e. The van der Waals surface area contributed by atoms with E-state index in [0.717, 1.165) is 0 Å². The number of furan rings is 2. The second kappa shape index (κ2) is 17.9. The summed E-state index contributed by atoms with van der Waals surface area (Å²) >= 11 is 0. The van der Waals surface area contributed by atoms with Gasteiger partial charge in [-0.05, 0) is 12.8 Å². The molecule has 2 nitrogen and oxygen atoms in total. The first-order chi connectivity index (χ1) is 17.9. The second-order valence-electron chi connectivity index (χ2n) is 11.6. The molecule has 0 fully saturated rings. The third-order valence-electron chi connectivity index (χ3n) is 8.64. The van der Waals surface area contributed by atoms with Gasteiger partial charge in [0, 0.05) is 34.1 Å². The fourth-order valence-corrected chi connectivity index (χ4v) is 6.40. The van der Waals surface area contributed by atoms with Crippen LogP contribution in [0.25, 0.3) is 0 Å². The van der Waals surface area contributed by atoms with E-state index in [1.54, 1.807) is 0 Å². The van der Waals surface area contributed by atoms with Gasteiger partial charge in [-0.2, -0.15) is 0 Å². The first-order valence-corrected chi connectivity index (χ1v) is 16.0. The molecule has 0 atom stereocenters. The number of unbranched alkanes of at least 4 members (excludes halogenated alkanes) is 18. The lowest BCUT2D eigenvalue weighted by atomic mass is 9.73. The van der Waals surface area contributed by atoms with Crippen molar-refractivity contribution in [1.82, 2.24) is 0 Å². The Kier molecular flexibility index (Phi) is 14.5. The molecule has 0 bridgehead atoms. The van der Waals surface area contributed by atoms with Crippen LogP contribution in [0.1, 0.15) is 189 Å². The van der Waals surface area contributed by atoms with E-state index in [1.807, 2.05) is 25.1 Å². The Bertz CT molecular complexity index is 681. The van der Waals surface area contributed by atoms with Crippen molar-refractivity contribution in [2.45, 2.75) is 167 Å². The summed E-state index contributed by atoms with van der Waals surface area (Å²) in [4.78, 5) is 0. The van der Waals surface area contributed by atoms with Crippen LogP contribution in [0.15, 0.2) is 33.9 Å². The molecule has 2 aromatic heterocycles. The molecule has 1 aliphatic carbocycles. The lowest BCUT2D eigenvalue weighted by Crippen LogP contribution is -2.15. The van der Waals surface area contributed by atoms with Gasteiger partial charge in [0.15, 0.2) is 0 Å². The summed E-state index contributed by atoms with van der Waals surface area (Å²) in [5, 5.41) is 0. The predicted octanol–water partition coefficient (Wildman–Crippen LogP) is 12.1. The van der Waals surface area contributed by atoms with Gasteiger partial charge in [0.05, 0.1) is 25.1 Å². The maximum atomic E-state index is 5.80. The summed E-state index contributed by atoms with van der Waals surface area (Å²) in [6.45, 7) is 4.59. The Balaban J connectivity index is 1.36. The maximum Gasteiger partial charge on any atom is 0.0943 e. The highest BCUT2D eigenvalue weighted by Gasteiger charge is 2.34. The zero-order valence-electron chi connectivity index (χ0n) is 23.8. The molecular weight excluding hydrogens is 440 g/mol. The second-order valence-corrected chi connectivity index (χ2v) is 11.6. The number of rotatable bonds is 22. The Hall–Kier alpha value is -1.44. The number of hydrogen-bond acceptors (Lipinski definition) is 2. The summed E-state index contributed by atoms with van der Waals surface area (Å²) in [5.74, 6) is 0.927. The van der Waals surface area contributed by atoms with E-state index in [4.69, 9.17) is 8.83 Å². The Morgan fingerprint density at radius 3 is 0.917 bits per heavy atom. The molecule has 0 aromatic carbocycles. The lowest BCUT2D eigenvalue weighted by molar-refractivity contribution is 0.524. The minimum absolute atomic E-state index is 0.463. The highest BCUT2D eigenvalue weighted by atomic mass is 16.3. The first-order valence-electron chi connectivity index (χ1n) is 16.0. The quantitative estimate of drug-likeness (QED) is 0.151. The van der Waals surface area contributed by atoms with E-state index in [2.05, 4.69) is 13.8 Å². The van der Waals surface area contributed by atoms with Crippen LogP contribution in [0.4, 0.5) is 0 Å². The third-order valence-corrected chi connectivity index (χ3v) is 8.64. The zero-order chi connectivity index (χ0) is 25.3. The molecule has 36 heavy (non-hydrogen) atoms. The Labute approximate surface area is 223 Å². The van der Waals surface area contributed by atoms with Crippen LogP contribution in [0.5, 0.6) is 0 Å². The molecular formula is C34H56O2. The van der Waals surface area contributed by atoms with Gasteiger partial charge in [-0.15, -0.1) is 0 Å². The van der Waals surface area contributed by atoms with Gasteiger partial charge >= 0.3 is 0 Å². The van der Waals surface area contributed by atoms with Crippen LogP contribution in [0.3, 0.4) is 0 Å². The molecule has 204 valence electrons. The molecule has 0 unspecified atom stereocenters. The summed E-state index contributed by atoms with van der Waals surface area (Å²) in [6, 6.07) is 0. The molecule has 2 heteroatoms. The molecule has 3 rings (SSSR count). The number of fused-ring (bicyclic) bond motifs is 2. The Morgan fingerprint density at radius 1 is 0.389 bits per heavy atom. The van der Waals surface area contributed by atoms with Crippen molar-refractivity contribution in [1.29, 1.82) is 0 Å². The molecule has 0 N–H and O–H groups in total. The zero-order valence-corrected chi connectivity index (χ0v) is 23.8. The van der Waals surface area contributed by atoms with Gasteiger partial charge < -0.3 is 8.83 Å². The minimum Gasteiger partial charge on any atom is -0.472 e. The van der Waals surface area contributed by atoms with E-state index in [1.165, 1.54) is 164 Å². The van der Waals surface area contributed by atoms with Gasteiger partial charge in [-0.1, -0.05) is 142 Å². The summed E-state index contributed by atoms with van der Waals surface area (Å²) in [7, 11) is 0. The monoisotopic (exact) mass is 496 g/mol. The third kappa shape index (κ3) is 9.46. The molecule has 0 saturated carbocycles. The van der Waals surface area contributed by atoms with Crippen molar-refractivity contribution >= 4 is 0 Å². The van der Waals surface area contributed by atoms with Gasteiger partial charge in [0.2, 0.25) is 0 Å². The van der Waals surface area contributed by atoms with E-state index >= 15 is 0 Å². The van der Waals surface area contributed by atoms with Gasteiger partial charge in [-0.3, -0.25) is 0 Å². The van der Waals surface area contributed by atoms with Crippen LogP contribution in [-0.4, -0.2) is 0 Å². The fourth-order valence-electron chi connectivity index (χ4n) is 6.40. The first kappa shape index (κ1) is 29.1. The van der Waals surface area contributed by atoms with Crippen LogP contribution in [0, 0.1) is 0 Å². The number of hydrogen-bond donors (Lipinski definition) is 0. The van der Waals surface area contributed by atoms with Crippen molar-refractivity contribution in [2.75, 3.05) is 0 Å². The smallest absolute Gasteiger partial charge is 0.0943 e. The van der Waals surface area contributed by atoms with Crippen LogP contribution < -0.4 is 0 Å². The minimum atomic E-state index is 0.463. The molecule has 1 aliphatic rings. The van der Waals surface area contributed by atoms with E-state index in [-0.39, 0.29) is 0 Å². The molecule has 2 heterocycles. The molecule has 0 radical (unpaired) electrons. The maximum absolute atomic E-state index is 5.80. The van der Waals surface area contributed by atoms with Crippen LogP contribution >= 0.6 is 0 Å². The topological polar surface area (TPSA) is 26.3 Å². The fraction of sp³-hybridized carbons (Fsp3) is 0.765. The normalized spacial score (nSPS) is 16.8. The Morgan fingerprint density at radius 2 is 0.639 bits per heavy atom. The van der Waals surface area contributed by atoms with Crippen LogP contribution in [0.2, 0.25) is 0 Å².